The van der Waals surface area contributed by atoms with Crippen LogP contribution in [0.3, 0.4) is 0 Å². The fourth-order valence-electron chi connectivity index (χ4n) is 3.11. The number of carbonyl (C=O) groups excluding carboxylic acids is 1. The summed E-state index contributed by atoms with van der Waals surface area (Å²) in [6.45, 7) is 3.37. The predicted octanol–water partition coefficient (Wildman–Crippen LogP) is 0.937. The lowest BCUT2D eigenvalue weighted by Gasteiger charge is -2.37. The number of amides is 1. The van der Waals surface area contributed by atoms with E-state index in [1.54, 1.807) is 16.7 Å². The van der Waals surface area contributed by atoms with E-state index < -0.39 is 11.5 Å². The average Bonchev–Trinajstić information content (AvgIpc) is 2.84. The zero-order chi connectivity index (χ0) is 13.9. The fourth-order valence-corrected chi connectivity index (χ4v) is 4.04. The Bertz CT molecular complexity index is 358. The minimum atomic E-state index is -0.963. The van der Waals surface area contributed by atoms with Crippen LogP contribution >= 0.6 is 11.8 Å². The van der Waals surface area contributed by atoms with Crippen LogP contribution in [0.25, 0.3) is 0 Å². The highest BCUT2D eigenvalue weighted by Crippen LogP contribution is 2.35. The Balaban J connectivity index is 2.16. The van der Waals surface area contributed by atoms with Gasteiger partial charge in [-0.25, -0.2) is 4.79 Å². The topological polar surface area (TPSA) is 69.6 Å². The lowest BCUT2D eigenvalue weighted by Crippen LogP contribution is -2.59. The van der Waals surface area contributed by atoms with Crippen LogP contribution < -0.4 is 5.32 Å². The number of aliphatic carboxylic acids is 1. The van der Waals surface area contributed by atoms with Gasteiger partial charge in [0, 0.05) is 24.6 Å². The maximum absolute atomic E-state index is 12.6. The van der Waals surface area contributed by atoms with Gasteiger partial charge in [-0.3, -0.25) is 4.79 Å². The van der Waals surface area contributed by atoms with Crippen LogP contribution in [0.1, 0.15) is 32.6 Å². The third-order valence-corrected chi connectivity index (χ3v) is 5.10. The molecule has 2 rings (SSSR count). The molecule has 2 unspecified atom stereocenters. The van der Waals surface area contributed by atoms with Crippen molar-refractivity contribution in [3.8, 4) is 0 Å². The Hall–Kier alpha value is -0.750. The van der Waals surface area contributed by atoms with E-state index in [9.17, 15) is 14.7 Å². The van der Waals surface area contributed by atoms with E-state index in [0.29, 0.717) is 19.4 Å². The van der Waals surface area contributed by atoms with Crippen LogP contribution in [0.15, 0.2) is 0 Å². The molecule has 108 valence electrons. The predicted molar refractivity (Wildman–Crippen MR) is 75.3 cm³/mol. The van der Waals surface area contributed by atoms with Crippen molar-refractivity contribution in [2.24, 2.45) is 0 Å². The zero-order valence-electron chi connectivity index (χ0n) is 11.4. The standard InChI is InChI=1S/C13H22N2O3S/c1-2-4-13(12(17)18)5-3-7-15(13)11(16)10-9-19-8-6-14-10/h10,14H,2-9H2,1H3,(H,17,18). The van der Waals surface area contributed by atoms with Crippen molar-refractivity contribution < 1.29 is 14.7 Å². The van der Waals surface area contributed by atoms with Gasteiger partial charge in [-0.15, -0.1) is 0 Å². The van der Waals surface area contributed by atoms with Gasteiger partial charge in [0.15, 0.2) is 0 Å². The van der Waals surface area contributed by atoms with Gasteiger partial charge >= 0.3 is 5.97 Å². The van der Waals surface area contributed by atoms with Crippen molar-refractivity contribution >= 4 is 23.6 Å². The molecule has 0 radical (unpaired) electrons. The highest BCUT2D eigenvalue weighted by Gasteiger charge is 2.50. The Kier molecular flexibility index (Phi) is 4.73. The summed E-state index contributed by atoms with van der Waals surface area (Å²) in [6.07, 6.45) is 2.70. The number of rotatable bonds is 4. The molecule has 2 saturated heterocycles. The van der Waals surface area contributed by atoms with E-state index in [1.165, 1.54) is 0 Å². The molecule has 0 bridgehead atoms. The van der Waals surface area contributed by atoms with E-state index in [1.807, 2.05) is 6.92 Å². The number of nitrogens with zero attached hydrogens (tertiary/aromatic N) is 1. The third-order valence-electron chi connectivity index (χ3n) is 4.04. The van der Waals surface area contributed by atoms with E-state index >= 15 is 0 Å². The minimum Gasteiger partial charge on any atom is -0.479 e. The van der Waals surface area contributed by atoms with Crippen LogP contribution in [-0.2, 0) is 9.59 Å². The summed E-state index contributed by atoms with van der Waals surface area (Å²) >= 11 is 1.75. The van der Waals surface area contributed by atoms with Gasteiger partial charge in [0.25, 0.3) is 0 Å². The molecule has 2 aliphatic rings. The molecule has 2 N–H and O–H groups in total. The molecule has 2 aliphatic heterocycles. The van der Waals surface area contributed by atoms with Crippen molar-refractivity contribution in [2.75, 3.05) is 24.6 Å². The molecular weight excluding hydrogens is 264 g/mol. The quantitative estimate of drug-likeness (QED) is 0.805. The summed E-state index contributed by atoms with van der Waals surface area (Å²) in [4.78, 5) is 25.9. The fraction of sp³-hybridized carbons (Fsp3) is 0.846. The SMILES string of the molecule is CCCC1(C(=O)O)CCCN1C(=O)C1CSCCN1. The van der Waals surface area contributed by atoms with Gasteiger partial charge in [0.2, 0.25) is 5.91 Å². The van der Waals surface area contributed by atoms with Gasteiger partial charge in [-0.1, -0.05) is 13.3 Å². The summed E-state index contributed by atoms with van der Waals surface area (Å²) in [5, 5.41) is 12.8. The van der Waals surface area contributed by atoms with Crippen molar-refractivity contribution in [2.45, 2.75) is 44.2 Å². The summed E-state index contributed by atoms with van der Waals surface area (Å²) in [5.74, 6) is 0.893. The second-order valence-corrected chi connectivity index (χ2v) is 6.41. The molecule has 19 heavy (non-hydrogen) atoms. The van der Waals surface area contributed by atoms with Crippen molar-refractivity contribution in [3.05, 3.63) is 0 Å². The van der Waals surface area contributed by atoms with Crippen LogP contribution in [0.5, 0.6) is 0 Å². The van der Waals surface area contributed by atoms with Crippen LogP contribution in [0.2, 0.25) is 0 Å². The Morgan fingerprint density at radius 2 is 2.32 bits per heavy atom. The molecule has 0 saturated carbocycles. The molecule has 0 aromatic rings. The number of thioether (sulfide) groups is 1. The van der Waals surface area contributed by atoms with Gasteiger partial charge in [0.05, 0.1) is 6.04 Å². The monoisotopic (exact) mass is 286 g/mol. The Morgan fingerprint density at radius 1 is 1.53 bits per heavy atom. The van der Waals surface area contributed by atoms with E-state index in [2.05, 4.69) is 5.32 Å². The van der Waals surface area contributed by atoms with Crippen molar-refractivity contribution in [3.63, 3.8) is 0 Å². The van der Waals surface area contributed by atoms with Gasteiger partial charge < -0.3 is 15.3 Å². The molecule has 0 aromatic heterocycles. The number of hydrogen-bond donors (Lipinski definition) is 2. The number of likely N-dealkylation sites (tertiary alicyclic amines) is 1. The molecule has 0 spiro atoms. The lowest BCUT2D eigenvalue weighted by atomic mass is 9.90. The Labute approximate surface area is 118 Å². The molecular formula is C13H22N2O3S. The van der Waals surface area contributed by atoms with Gasteiger partial charge in [-0.05, 0) is 19.3 Å². The molecule has 2 heterocycles. The number of carbonyl (C=O) groups is 2. The maximum atomic E-state index is 12.6. The molecule has 1 amide bonds. The van der Waals surface area contributed by atoms with Gasteiger partial charge in [-0.2, -0.15) is 11.8 Å². The molecule has 0 aromatic carbocycles. The smallest absolute Gasteiger partial charge is 0.329 e. The Morgan fingerprint density at radius 3 is 2.89 bits per heavy atom. The average molecular weight is 286 g/mol. The second kappa shape index (κ2) is 6.13. The zero-order valence-corrected chi connectivity index (χ0v) is 12.2. The van der Waals surface area contributed by atoms with Crippen molar-refractivity contribution in [1.29, 1.82) is 0 Å². The first-order valence-electron chi connectivity index (χ1n) is 6.98. The van der Waals surface area contributed by atoms with E-state index in [0.717, 1.165) is 30.9 Å². The minimum absolute atomic E-state index is 0.0273. The first-order chi connectivity index (χ1) is 9.12. The van der Waals surface area contributed by atoms with E-state index in [-0.39, 0.29) is 11.9 Å². The summed E-state index contributed by atoms with van der Waals surface area (Å²) in [6, 6.07) is -0.215. The first kappa shape index (κ1) is 14.7. The number of carboxylic acid groups (broad SMARTS) is 1. The number of hydrogen-bond acceptors (Lipinski definition) is 4. The molecule has 5 nitrogen and oxygen atoms in total. The largest absolute Gasteiger partial charge is 0.479 e. The van der Waals surface area contributed by atoms with Crippen LogP contribution in [0.4, 0.5) is 0 Å². The van der Waals surface area contributed by atoms with E-state index in [4.69, 9.17) is 0 Å². The summed E-state index contributed by atoms with van der Waals surface area (Å²) in [7, 11) is 0. The maximum Gasteiger partial charge on any atom is 0.329 e. The molecule has 2 fully saturated rings. The van der Waals surface area contributed by atoms with Crippen LogP contribution in [-0.4, -0.2) is 58.1 Å². The lowest BCUT2D eigenvalue weighted by molar-refractivity contribution is -0.157. The normalized spacial score (nSPS) is 31.4. The second-order valence-electron chi connectivity index (χ2n) is 5.26. The number of carboxylic acids is 1. The van der Waals surface area contributed by atoms with Crippen molar-refractivity contribution in [1.82, 2.24) is 10.2 Å². The molecule has 6 heteroatoms. The summed E-state index contributed by atoms with van der Waals surface area (Å²) < 4.78 is 0. The molecule has 2 atom stereocenters. The third kappa shape index (κ3) is 2.74. The van der Waals surface area contributed by atoms with Crippen LogP contribution in [0, 0.1) is 0 Å². The number of nitrogens with one attached hydrogen (secondary N) is 1. The first-order valence-corrected chi connectivity index (χ1v) is 8.13. The highest BCUT2D eigenvalue weighted by molar-refractivity contribution is 7.99. The summed E-state index contributed by atoms with van der Waals surface area (Å²) in [5.41, 5.74) is -0.963. The molecule has 0 aliphatic carbocycles. The van der Waals surface area contributed by atoms with Gasteiger partial charge in [0.1, 0.15) is 5.54 Å². The highest BCUT2D eigenvalue weighted by atomic mass is 32.2.